The summed E-state index contributed by atoms with van der Waals surface area (Å²) in [4.78, 5) is 55.5. The van der Waals surface area contributed by atoms with Crippen LogP contribution in [-0.2, 0) is 6.54 Å². The number of pyridine rings is 1. The van der Waals surface area contributed by atoms with Crippen LogP contribution in [0.1, 0.15) is 29.8 Å². The normalized spacial score (nSPS) is 10.9. The van der Waals surface area contributed by atoms with Crippen molar-refractivity contribution >= 4 is 17.4 Å². The average molecular weight is 409 g/mol. The Labute approximate surface area is 171 Å². The van der Waals surface area contributed by atoms with Gasteiger partial charge in [0, 0.05) is 18.8 Å². The Balaban J connectivity index is 2.13. The molecule has 0 bridgehead atoms. The molecule has 3 aromatic rings. The molecule has 0 unspecified atom stereocenters. The zero-order chi connectivity index (χ0) is 21.8. The largest absolute Gasteiger partial charge is 0.383 e. The highest BCUT2D eigenvalue weighted by Gasteiger charge is 2.26. The van der Waals surface area contributed by atoms with Crippen LogP contribution in [-0.4, -0.2) is 27.0 Å². The average Bonchev–Trinajstić information content (AvgIpc) is 2.71. The number of hydrogen-bond donors (Lipinski definition) is 3. The maximum absolute atomic E-state index is 13.2. The lowest BCUT2D eigenvalue weighted by atomic mass is 10.1. The van der Waals surface area contributed by atoms with E-state index >= 15 is 0 Å². The van der Waals surface area contributed by atoms with Gasteiger partial charge in [-0.3, -0.25) is 23.9 Å². The predicted molar refractivity (Wildman–Crippen MR) is 115 cm³/mol. The number of benzene rings is 1. The lowest BCUT2D eigenvalue weighted by molar-refractivity contribution is 0.0983. The summed E-state index contributed by atoms with van der Waals surface area (Å²) >= 11 is 0. The molecule has 9 nitrogen and oxygen atoms in total. The van der Waals surface area contributed by atoms with Crippen molar-refractivity contribution in [2.24, 2.45) is 5.92 Å². The first-order chi connectivity index (χ1) is 14.3. The van der Waals surface area contributed by atoms with Gasteiger partial charge in [-0.15, -0.1) is 0 Å². The first-order valence-electron chi connectivity index (χ1n) is 9.45. The van der Waals surface area contributed by atoms with Crippen molar-refractivity contribution in [2.45, 2.75) is 20.4 Å². The van der Waals surface area contributed by atoms with Gasteiger partial charge >= 0.3 is 5.69 Å². The van der Waals surface area contributed by atoms with E-state index in [1.165, 1.54) is 27.8 Å². The molecule has 1 aromatic carbocycles. The molecule has 1 amide bonds. The highest BCUT2D eigenvalue weighted by molar-refractivity contribution is 6.07. The predicted octanol–water partition coefficient (Wildman–Crippen LogP) is 1.16. The number of nitrogen functional groups attached to an aromatic ring is 1. The van der Waals surface area contributed by atoms with Crippen molar-refractivity contribution in [2.75, 3.05) is 17.2 Å². The van der Waals surface area contributed by atoms with E-state index in [0.717, 1.165) is 5.56 Å². The van der Waals surface area contributed by atoms with Gasteiger partial charge in [-0.05, 0) is 17.5 Å². The standard InChI is InChI=1S/C21H23N5O4/c1-13(2)11-25(20(29)15-8-9-16(27)23-10-15)17-18(22)26(21(30)24-19(17)28)12-14-6-4-3-5-7-14/h3-10,13H,11-12,22H2,1-2H3,(H,23,27)(H,24,28,30). The van der Waals surface area contributed by atoms with Crippen LogP contribution in [0.5, 0.6) is 0 Å². The maximum atomic E-state index is 13.2. The molecule has 2 heterocycles. The van der Waals surface area contributed by atoms with E-state index in [-0.39, 0.29) is 41.6 Å². The molecule has 2 aromatic heterocycles. The fraction of sp³-hybridized carbons (Fsp3) is 0.238. The van der Waals surface area contributed by atoms with Gasteiger partial charge in [-0.1, -0.05) is 44.2 Å². The second-order valence-electron chi connectivity index (χ2n) is 7.32. The van der Waals surface area contributed by atoms with Gasteiger partial charge in [0.05, 0.1) is 12.1 Å². The Morgan fingerprint density at radius 1 is 1.10 bits per heavy atom. The third-order valence-electron chi connectivity index (χ3n) is 4.49. The number of aromatic nitrogens is 3. The van der Waals surface area contributed by atoms with E-state index in [9.17, 15) is 19.2 Å². The number of rotatable bonds is 6. The lowest BCUT2D eigenvalue weighted by Gasteiger charge is -2.26. The molecule has 30 heavy (non-hydrogen) atoms. The van der Waals surface area contributed by atoms with Crippen LogP contribution >= 0.6 is 0 Å². The van der Waals surface area contributed by atoms with Crippen LogP contribution in [0.3, 0.4) is 0 Å². The number of aromatic amines is 2. The fourth-order valence-electron chi connectivity index (χ4n) is 3.10. The van der Waals surface area contributed by atoms with Crippen LogP contribution in [0.2, 0.25) is 0 Å². The topological polar surface area (TPSA) is 134 Å². The molecule has 0 spiro atoms. The summed E-state index contributed by atoms with van der Waals surface area (Å²) in [6, 6.07) is 11.8. The SMILES string of the molecule is CC(C)CN(C(=O)c1ccc(=O)[nH]c1)c1c(N)n(Cc2ccccc2)c(=O)[nH]c1=O. The number of H-pyrrole nitrogens is 2. The Hall–Kier alpha value is -3.88. The molecule has 0 aliphatic carbocycles. The Morgan fingerprint density at radius 2 is 1.80 bits per heavy atom. The quantitative estimate of drug-likeness (QED) is 0.562. The molecular formula is C21H23N5O4. The number of hydrogen-bond acceptors (Lipinski definition) is 5. The van der Waals surface area contributed by atoms with Gasteiger partial charge in [-0.2, -0.15) is 0 Å². The molecule has 0 atom stereocenters. The van der Waals surface area contributed by atoms with Crippen molar-refractivity contribution in [3.05, 3.63) is 91.0 Å². The monoisotopic (exact) mass is 409 g/mol. The molecule has 0 saturated heterocycles. The fourth-order valence-corrected chi connectivity index (χ4v) is 3.10. The van der Waals surface area contributed by atoms with Gasteiger partial charge in [0.1, 0.15) is 5.82 Å². The Morgan fingerprint density at radius 3 is 2.40 bits per heavy atom. The zero-order valence-corrected chi connectivity index (χ0v) is 16.7. The van der Waals surface area contributed by atoms with E-state index in [2.05, 4.69) is 9.97 Å². The Bertz CT molecular complexity index is 1200. The van der Waals surface area contributed by atoms with Crippen molar-refractivity contribution in [3.63, 3.8) is 0 Å². The van der Waals surface area contributed by atoms with E-state index in [1.54, 1.807) is 0 Å². The summed E-state index contributed by atoms with van der Waals surface area (Å²) in [6.45, 7) is 4.10. The third kappa shape index (κ3) is 4.40. The van der Waals surface area contributed by atoms with Crippen molar-refractivity contribution in [1.82, 2.24) is 14.5 Å². The first-order valence-corrected chi connectivity index (χ1v) is 9.45. The highest BCUT2D eigenvalue weighted by atomic mass is 16.2. The van der Waals surface area contributed by atoms with Gasteiger partial charge in [0.2, 0.25) is 5.56 Å². The third-order valence-corrected chi connectivity index (χ3v) is 4.49. The summed E-state index contributed by atoms with van der Waals surface area (Å²) in [5.74, 6) is -0.613. The molecule has 0 fully saturated rings. The molecule has 0 aliphatic rings. The van der Waals surface area contributed by atoms with Crippen molar-refractivity contribution in [3.8, 4) is 0 Å². The van der Waals surface area contributed by atoms with Crippen LogP contribution < -0.4 is 27.4 Å². The maximum Gasteiger partial charge on any atom is 0.330 e. The number of nitrogens with zero attached hydrogens (tertiary/aromatic N) is 2. The highest BCUT2D eigenvalue weighted by Crippen LogP contribution is 2.21. The molecule has 156 valence electrons. The summed E-state index contributed by atoms with van der Waals surface area (Å²) < 4.78 is 1.22. The van der Waals surface area contributed by atoms with E-state index in [0.29, 0.717) is 0 Å². The molecule has 0 saturated carbocycles. The lowest BCUT2D eigenvalue weighted by Crippen LogP contribution is -2.43. The number of amides is 1. The summed E-state index contributed by atoms with van der Waals surface area (Å²) in [7, 11) is 0. The second-order valence-corrected chi connectivity index (χ2v) is 7.32. The number of carbonyl (C=O) groups excluding carboxylic acids is 1. The molecule has 0 aliphatic heterocycles. The minimum Gasteiger partial charge on any atom is -0.383 e. The van der Waals surface area contributed by atoms with Gasteiger partial charge < -0.3 is 15.6 Å². The van der Waals surface area contributed by atoms with Gasteiger partial charge in [-0.25, -0.2) is 4.79 Å². The minimum atomic E-state index is -0.750. The van der Waals surface area contributed by atoms with E-state index in [1.807, 2.05) is 44.2 Å². The molecule has 4 N–H and O–H groups in total. The van der Waals surface area contributed by atoms with Crippen molar-refractivity contribution in [1.29, 1.82) is 0 Å². The van der Waals surface area contributed by atoms with Crippen LogP contribution in [0, 0.1) is 5.92 Å². The second kappa shape index (κ2) is 8.64. The molecular weight excluding hydrogens is 386 g/mol. The smallest absolute Gasteiger partial charge is 0.330 e. The van der Waals surface area contributed by atoms with Crippen LogP contribution in [0.4, 0.5) is 11.5 Å². The van der Waals surface area contributed by atoms with Crippen molar-refractivity contribution < 1.29 is 4.79 Å². The summed E-state index contributed by atoms with van der Waals surface area (Å²) in [6.07, 6.45) is 1.28. The van der Waals surface area contributed by atoms with Gasteiger partial charge in [0.15, 0.2) is 5.69 Å². The van der Waals surface area contributed by atoms with Gasteiger partial charge in [0.25, 0.3) is 11.5 Å². The minimum absolute atomic E-state index is 0.00464. The Kier molecular flexibility index (Phi) is 6.01. The van der Waals surface area contributed by atoms with Crippen LogP contribution in [0.25, 0.3) is 0 Å². The summed E-state index contributed by atoms with van der Waals surface area (Å²) in [5.41, 5.74) is 5.38. The van der Waals surface area contributed by atoms with E-state index in [4.69, 9.17) is 5.73 Å². The molecule has 9 heteroatoms. The van der Waals surface area contributed by atoms with E-state index < -0.39 is 17.2 Å². The van der Waals surface area contributed by atoms with Crippen LogP contribution in [0.15, 0.2) is 63.0 Å². The molecule has 0 radical (unpaired) electrons. The number of nitrogens with one attached hydrogen (secondary N) is 2. The number of carbonyl (C=O) groups is 1. The number of anilines is 2. The number of nitrogens with two attached hydrogens (primary N) is 1. The summed E-state index contributed by atoms with van der Waals surface area (Å²) in [5, 5.41) is 0. The zero-order valence-electron chi connectivity index (χ0n) is 16.7. The first kappa shape index (κ1) is 20.8. The molecule has 3 rings (SSSR count).